The van der Waals surface area contributed by atoms with Gasteiger partial charge in [0.1, 0.15) is 23.3 Å². The van der Waals surface area contributed by atoms with Gasteiger partial charge in [0, 0.05) is 23.6 Å². The lowest BCUT2D eigenvalue weighted by Crippen LogP contribution is -2.46. The van der Waals surface area contributed by atoms with E-state index in [2.05, 4.69) is 15.7 Å². The topological polar surface area (TPSA) is 97.0 Å². The SMILES string of the molecule is CN.COc1c(C2C(C)[C@](C)(C(F)(F)F)O[C@H]2c2nc3c(C=N)c(F)ccc3[nH]2)ccc(F)c1F. The summed E-state index contributed by atoms with van der Waals surface area (Å²) in [7, 11) is 2.58. The summed E-state index contributed by atoms with van der Waals surface area (Å²) in [6.45, 7) is 2.17. The van der Waals surface area contributed by atoms with Gasteiger partial charge in [-0.15, -0.1) is 0 Å². The predicted octanol–water partition coefficient (Wildman–Crippen LogP) is 5.37. The van der Waals surface area contributed by atoms with E-state index in [-0.39, 0.29) is 28.0 Å². The molecule has 1 aliphatic heterocycles. The second-order valence-corrected chi connectivity index (χ2v) is 8.07. The van der Waals surface area contributed by atoms with Crippen molar-refractivity contribution in [3.8, 4) is 5.75 Å². The molecule has 3 aromatic rings. The number of methoxy groups -OCH3 is 1. The standard InChI is InChI=1S/C22H19F6N3O2.CH5N/c1-9-15(10-4-5-13(24)16(25)18(10)32-3)19(33-21(9,2)22(26,27)28)20-30-14-7-6-12(23)11(8-29)17(14)31-20;1-2/h4-9,15,19,29H,1-3H3,(H,30,31);2H2,1H3/t9?,15?,19-,21-;/m1./s1. The lowest BCUT2D eigenvalue weighted by molar-refractivity contribution is -0.275. The van der Waals surface area contributed by atoms with Crippen molar-refractivity contribution in [2.75, 3.05) is 14.2 Å². The van der Waals surface area contributed by atoms with Gasteiger partial charge < -0.3 is 25.6 Å². The van der Waals surface area contributed by atoms with Gasteiger partial charge in [-0.3, -0.25) is 0 Å². The fourth-order valence-corrected chi connectivity index (χ4v) is 4.41. The number of imidazole rings is 1. The average Bonchev–Trinajstić information content (AvgIpc) is 3.36. The number of ether oxygens (including phenoxy) is 2. The fraction of sp³-hybridized carbons (Fsp3) is 0.391. The maximum Gasteiger partial charge on any atom is 0.417 e. The van der Waals surface area contributed by atoms with Crippen LogP contribution in [0, 0.1) is 28.8 Å². The number of hydrogen-bond acceptors (Lipinski definition) is 5. The number of nitrogens with zero attached hydrogens (tertiary/aromatic N) is 1. The first-order chi connectivity index (χ1) is 16.4. The molecule has 4 rings (SSSR count). The molecule has 0 aliphatic carbocycles. The largest absolute Gasteiger partial charge is 0.493 e. The number of aromatic amines is 1. The lowest BCUT2D eigenvalue weighted by atomic mass is 9.77. The number of nitrogens with two attached hydrogens (primary N) is 1. The molecule has 0 saturated carbocycles. The van der Waals surface area contributed by atoms with Crippen LogP contribution < -0.4 is 10.5 Å². The van der Waals surface area contributed by atoms with Crippen molar-refractivity contribution in [1.82, 2.24) is 9.97 Å². The van der Waals surface area contributed by atoms with E-state index in [0.717, 1.165) is 38.4 Å². The molecule has 190 valence electrons. The van der Waals surface area contributed by atoms with Crippen molar-refractivity contribution in [2.45, 2.75) is 37.6 Å². The first kappa shape index (κ1) is 26.5. The molecule has 1 saturated heterocycles. The normalized spacial score (nSPS) is 24.3. The molecule has 2 unspecified atom stereocenters. The fourth-order valence-electron chi connectivity index (χ4n) is 4.41. The Hall–Kier alpha value is -3.12. The zero-order chi connectivity index (χ0) is 26.3. The molecule has 4 atom stereocenters. The Morgan fingerprint density at radius 1 is 1.14 bits per heavy atom. The lowest BCUT2D eigenvalue weighted by Gasteiger charge is -2.32. The molecule has 35 heavy (non-hydrogen) atoms. The number of rotatable bonds is 4. The Balaban J connectivity index is 0.00000167. The van der Waals surface area contributed by atoms with Crippen molar-refractivity contribution in [1.29, 1.82) is 5.41 Å². The summed E-state index contributed by atoms with van der Waals surface area (Å²) >= 11 is 0. The van der Waals surface area contributed by atoms with Crippen LogP contribution >= 0.6 is 0 Å². The Kier molecular flexibility index (Phi) is 7.19. The van der Waals surface area contributed by atoms with E-state index in [1.54, 1.807) is 0 Å². The van der Waals surface area contributed by atoms with Crippen LogP contribution in [0.2, 0.25) is 0 Å². The maximum absolute atomic E-state index is 14.5. The van der Waals surface area contributed by atoms with Crippen LogP contribution in [0.4, 0.5) is 26.3 Å². The molecule has 6 nitrogen and oxygen atoms in total. The number of aromatic nitrogens is 2. The second-order valence-electron chi connectivity index (χ2n) is 8.07. The summed E-state index contributed by atoms with van der Waals surface area (Å²) in [5.41, 5.74) is 1.97. The van der Waals surface area contributed by atoms with Crippen molar-refractivity contribution in [3.05, 3.63) is 58.7 Å². The van der Waals surface area contributed by atoms with Crippen LogP contribution in [-0.4, -0.2) is 42.1 Å². The highest BCUT2D eigenvalue weighted by atomic mass is 19.4. The van der Waals surface area contributed by atoms with Crippen molar-refractivity contribution >= 4 is 17.2 Å². The summed E-state index contributed by atoms with van der Waals surface area (Å²) in [5, 5.41) is 7.44. The van der Waals surface area contributed by atoms with Gasteiger partial charge in [0.2, 0.25) is 5.82 Å². The van der Waals surface area contributed by atoms with Crippen LogP contribution in [0.5, 0.6) is 5.75 Å². The minimum absolute atomic E-state index is 0.0270. The Morgan fingerprint density at radius 2 is 1.77 bits per heavy atom. The third-order valence-corrected chi connectivity index (χ3v) is 6.38. The van der Waals surface area contributed by atoms with E-state index < -0.39 is 52.9 Å². The molecule has 4 N–H and O–H groups in total. The van der Waals surface area contributed by atoms with Crippen molar-refractivity contribution < 1.29 is 35.8 Å². The Morgan fingerprint density at radius 3 is 2.34 bits per heavy atom. The molecular formula is C23H24F6N4O2. The molecule has 0 spiro atoms. The molecule has 1 aromatic heterocycles. The minimum Gasteiger partial charge on any atom is -0.493 e. The Labute approximate surface area is 196 Å². The van der Waals surface area contributed by atoms with Gasteiger partial charge in [0.05, 0.1) is 18.2 Å². The quantitative estimate of drug-likeness (QED) is 0.330. The van der Waals surface area contributed by atoms with Gasteiger partial charge in [0.25, 0.3) is 0 Å². The Bertz CT molecular complexity index is 1240. The van der Waals surface area contributed by atoms with Gasteiger partial charge >= 0.3 is 6.18 Å². The predicted molar refractivity (Wildman–Crippen MR) is 117 cm³/mol. The molecule has 1 fully saturated rings. The minimum atomic E-state index is -4.80. The number of nitrogens with one attached hydrogen (secondary N) is 2. The summed E-state index contributed by atoms with van der Waals surface area (Å²) < 4.78 is 95.1. The first-order valence-electron chi connectivity index (χ1n) is 10.5. The molecule has 2 heterocycles. The zero-order valence-corrected chi connectivity index (χ0v) is 19.2. The number of benzene rings is 2. The van der Waals surface area contributed by atoms with Crippen LogP contribution in [0.3, 0.4) is 0 Å². The molecule has 1 aliphatic rings. The summed E-state index contributed by atoms with van der Waals surface area (Å²) in [4.78, 5) is 7.06. The first-order valence-corrected chi connectivity index (χ1v) is 10.5. The van der Waals surface area contributed by atoms with E-state index in [4.69, 9.17) is 14.9 Å². The third-order valence-electron chi connectivity index (χ3n) is 6.38. The molecule has 0 bridgehead atoms. The summed E-state index contributed by atoms with van der Waals surface area (Å²) in [5.74, 6) is -6.31. The van der Waals surface area contributed by atoms with Gasteiger partial charge in [-0.25, -0.2) is 13.8 Å². The van der Waals surface area contributed by atoms with Crippen molar-refractivity contribution in [3.63, 3.8) is 0 Å². The van der Waals surface area contributed by atoms with E-state index >= 15 is 0 Å². The van der Waals surface area contributed by atoms with Gasteiger partial charge in [-0.05, 0) is 32.2 Å². The van der Waals surface area contributed by atoms with Crippen LogP contribution in [0.15, 0.2) is 24.3 Å². The van der Waals surface area contributed by atoms with E-state index in [1.165, 1.54) is 20.0 Å². The van der Waals surface area contributed by atoms with E-state index in [1.807, 2.05) is 0 Å². The average molecular weight is 502 g/mol. The number of hydrogen-bond donors (Lipinski definition) is 3. The molecule has 2 aromatic carbocycles. The smallest absolute Gasteiger partial charge is 0.417 e. The maximum atomic E-state index is 14.5. The van der Waals surface area contributed by atoms with Gasteiger partial charge in [-0.2, -0.15) is 17.6 Å². The monoisotopic (exact) mass is 502 g/mol. The molecule has 0 amide bonds. The number of H-pyrrole nitrogens is 1. The summed E-state index contributed by atoms with van der Waals surface area (Å²) in [6, 6.07) is 4.39. The number of fused-ring (bicyclic) bond motifs is 1. The third kappa shape index (κ3) is 4.14. The zero-order valence-electron chi connectivity index (χ0n) is 19.2. The van der Waals surface area contributed by atoms with Gasteiger partial charge in [0.15, 0.2) is 17.2 Å². The molecular weight excluding hydrogens is 478 g/mol. The number of alkyl halides is 3. The number of halogens is 6. The highest BCUT2D eigenvalue weighted by molar-refractivity contribution is 5.95. The van der Waals surface area contributed by atoms with Crippen molar-refractivity contribution in [2.24, 2.45) is 11.7 Å². The van der Waals surface area contributed by atoms with Crippen LogP contribution in [0.1, 0.15) is 42.8 Å². The van der Waals surface area contributed by atoms with E-state index in [0.29, 0.717) is 0 Å². The summed E-state index contributed by atoms with van der Waals surface area (Å²) in [6.07, 6.45) is -5.45. The highest BCUT2D eigenvalue weighted by Gasteiger charge is 2.65. The van der Waals surface area contributed by atoms with Crippen LogP contribution in [-0.2, 0) is 4.74 Å². The van der Waals surface area contributed by atoms with Crippen LogP contribution in [0.25, 0.3) is 11.0 Å². The highest BCUT2D eigenvalue weighted by Crippen LogP contribution is 2.59. The van der Waals surface area contributed by atoms with E-state index in [9.17, 15) is 26.3 Å². The molecule has 12 heteroatoms. The second kappa shape index (κ2) is 9.50. The van der Waals surface area contributed by atoms with Gasteiger partial charge in [-0.1, -0.05) is 13.0 Å². The molecule has 0 radical (unpaired) electrons.